The van der Waals surface area contributed by atoms with Gasteiger partial charge >= 0.3 is 0 Å². The number of hydrogen-bond donors (Lipinski definition) is 2. The molecule has 1 aliphatic heterocycles. The summed E-state index contributed by atoms with van der Waals surface area (Å²) in [6.45, 7) is 0. The SMILES string of the molecule is C[N+]1=C(/C(C#N)=C/c2ccc(O)c(O)c2)Cc2ccccc21. The first-order chi connectivity index (χ1) is 10.6. The number of hydrogen-bond acceptors (Lipinski definition) is 3. The van der Waals surface area contributed by atoms with Gasteiger partial charge in [-0.25, -0.2) is 0 Å². The summed E-state index contributed by atoms with van der Waals surface area (Å²) in [6, 6.07) is 14.8. The van der Waals surface area contributed by atoms with Gasteiger partial charge < -0.3 is 10.2 Å². The number of aromatic hydroxyl groups is 2. The fourth-order valence-corrected chi connectivity index (χ4v) is 2.68. The van der Waals surface area contributed by atoms with Crippen molar-refractivity contribution in [2.75, 3.05) is 7.05 Å². The number of rotatable bonds is 2. The van der Waals surface area contributed by atoms with Crippen LogP contribution in [0.2, 0.25) is 0 Å². The molecule has 1 aliphatic rings. The Kier molecular flexibility index (Phi) is 3.40. The van der Waals surface area contributed by atoms with E-state index in [1.807, 2.05) is 29.8 Å². The Morgan fingerprint density at radius 2 is 1.95 bits per heavy atom. The van der Waals surface area contributed by atoms with E-state index in [0.717, 1.165) is 11.4 Å². The number of fused-ring (bicyclic) bond motifs is 1. The van der Waals surface area contributed by atoms with E-state index >= 15 is 0 Å². The molecule has 0 spiro atoms. The third-order valence-electron chi connectivity index (χ3n) is 3.86. The number of phenols is 2. The zero-order chi connectivity index (χ0) is 15.7. The third-order valence-corrected chi connectivity index (χ3v) is 3.86. The summed E-state index contributed by atoms with van der Waals surface area (Å²) in [7, 11) is 1.95. The molecule has 0 amide bonds. The van der Waals surface area contributed by atoms with Gasteiger partial charge in [0.2, 0.25) is 11.4 Å². The van der Waals surface area contributed by atoms with Gasteiger partial charge in [0, 0.05) is 11.6 Å². The number of benzene rings is 2. The fraction of sp³-hybridized carbons (Fsp3) is 0.111. The summed E-state index contributed by atoms with van der Waals surface area (Å²) in [5, 5.41) is 28.4. The molecule has 4 heteroatoms. The lowest BCUT2D eigenvalue weighted by molar-refractivity contribution is -0.401. The van der Waals surface area contributed by atoms with Gasteiger partial charge in [-0.15, -0.1) is 0 Å². The Bertz CT molecular complexity index is 858. The van der Waals surface area contributed by atoms with Crippen molar-refractivity contribution in [1.29, 1.82) is 5.26 Å². The minimum Gasteiger partial charge on any atom is -0.504 e. The summed E-state index contributed by atoms with van der Waals surface area (Å²) in [6.07, 6.45) is 2.42. The molecule has 0 fully saturated rings. The Labute approximate surface area is 128 Å². The summed E-state index contributed by atoms with van der Waals surface area (Å²) >= 11 is 0. The predicted molar refractivity (Wildman–Crippen MR) is 84.4 cm³/mol. The molecule has 0 aliphatic carbocycles. The molecule has 1 heterocycles. The molecule has 2 aromatic rings. The second kappa shape index (κ2) is 5.38. The van der Waals surface area contributed by atoms with Crippen molar-refractivity contribution in [2.24, 2.45) is 0 Å². The molecule has 2 aromatic carbocycles. The molecule has 3 rings (SSSR count). The van der Waals surface area contributed by atoms with E-state index in [-0.39, 0.29) is 11.5 Å². The first-order valence-corrected chi connectivity index (χ1v) is 6.92. The molecule has 2 N–H and O–H groups in total. The van der Waals surface area contributed by atoms with E-state index in [1.165, 1.54) is 17.7 Å². The van der Waals surface area contributed by atoms with Gasteiger partial charge in [0.25, 0.3) is 0 Å². The molecule has 0 aromatic heterocycles. The molecule has 0 atom stereocenters. The van der Waals surface area contributed by atoms with Crippen LogP contribution in [-0.4, -0.2) is 27.5 Å². The second-order valence-corrected chi connectivity index (χ2v) is 5.23. The number of para-hydroxylation sites is 1. The molecule has 0 saturated carbocycles. The van der Waals surface area contributed by atoms with Crippen LogP contribution in [0.3, 0.4) is 0 Å². The molecular formula is C18H15N2O2+. The molecule has 108 valence electrons. The Balaban J connectivity index is 2.03. The van der Waals surface area contributed by atoms with Crippen LogP contribution in [0.15, 0.2) is 48.0 Å². The molecule has 0 unspecified atom stereocenters. The van der Waals surface area contributed by atoms with Crippen molar-refractivity contribution in [3.05, 3.63) is 59.2 Å². The normalized spacial score (nSPS) is 13.9. The Morgan fingerprint density at radius 1 is 1.18 bits per heavy atom. The van der Waals surface area contributed by atoms with Crippen LogP contribution in [0.5, 0.6) is 11.5 Å². The largest absolute Gasteiger partial charge is 0.504 e. The standard InChI is InChI=1S/C18H14N2O2/c1-20-15-5-3-2-4-13(15)10-16(20)14(11-19)8-12-6-7-17(21)18(22)9-12/h2-9,22H,10H2,1H3/p+1. The maximum atomic E-state index is 9.57. The average molecular weight is 291 g/mol. The minimum atomic E-state index is -0.195. The van der Waals surface area contributed by atoms with Crippen LogP contribution >= 0.6 is 0 Å². The van der Waals surface area contributed by atoms with Gasteiger partial charge in [-0.05, 0) is 23.8 Å². The molecular weight excluding hydrogens is 276 g/mol. The van der Waals surface area contributed by atoms with Crippen LogP contribution in [-0.2, 0) is 6.42 Å². The van der Waals surface area contributed by atoms with Crippen molar-refractivity contribution in [2.45, 2.75) is 6.42 Å². The number of allylic oxidation sites excluding steroid dienone is 1. The predicted octanol–water partition coefficient (Wildman–Crippen LogP) is 2.98. The van der Waals surface area contributed by atoms with Gasteiger partial charge in [0.15, 0.2) is 11.5 Å². The van der Waals surface area contributed by atoms with Crippen molar-refractivity contribution in [1.82, 2.24) is 0 Å². The van der Waals surface area contributed by atoms with Gasteiger partial charge in [-0.1, -0.05) is 24.3 Å². The topological polar surface area (TPSA) is 67.3 Å². The van der Waals surface area contributed by atoms with Gasteiger partial charge in [0.05, 0.1) is 6.42 Å². The lowest BCUT2D eigenvalue weighted by Crippen LogP contribution is -2.11. The summed E-state index contributed by atoms with van der Waals surface area (Å²) < 4.78 is 2.02. The van der Waals surface area contributed by atoms with E-state index in [0.29, 0.717) is 17.6 Å². The van der Waals surface area contributed by atoms with Crippen LogP contribution in [0.4, 0.5) is 5.69 Å². The minimum absolute atomic E-state index is 0.172. The second-order valence-electron chi connectivity index (χ2n) is 5.23. The van der Waals surface area contributed by atoms with E-state index in [2.05, 4.69) is 12.1 Å². The van der Waals surface area contributed by atoms with Crippen LogP contribution in [0.25, 0.3) is 6.08 Å². The third kappa shape index (κ3) is 2.33. The highest BCUT2D eigenvalue weighted by Crippen LogP contribution is 2.29. The number of nitriles is 1. The van der Waals surface area contributed by atoms with Crippen molar-refractivity contribution in [3.8, 4) is 17.6 Å². The summed E-state index contributed by atoms with van der Waals surface area (Å²) in [4.78, 5) is 0. The van der Waals surface area contributed by atoms with Gasteiger partial charge in [0.1, 0.15) is 18.7 Å². The van der Waals surface area contributed by atoms with Crippen LogP contribution in [0.1, 0.15) is 11.1 Å². The highest BCUT2D eigenvalue weighted by molar-refractivity contribution is 6.07. The first-order valence-electron chi connectivity index (χ1n) is 6.92. The smallest absolute Gasteiger partial charge is 0.208 e. The molecule has 4 nitrogen and oxygen atoms in total. The monoisotopic (exact) mass is 291 g/mol. The lowest BCUT2D eigenvalue weighted by atomic mass is 10.0. The highest BCUT2D eigenvalue weighted by atomic mass is 16.3. The maximum Gasteiger partial charge on any atom is 0.208 e. The first kappa shape index (κ1) is 13.9. The zero-order valence-corrected chi connectivity index (χ0v) is 12.1. The maximum absolute atomic E-state index is 9.57. The average Bonchev–Trinajstić information content (AvgIpc) is 2.86. The summed E-state index contributed by atoms with van der Waals surface area (Å²) in [5.74, 6) is -0.368. The van der Waals surface area contributed by atoms with E-state index in [4.69, 9.17) is 0 Å². The molecule has 0 saturated heterocycles. The van der Waals surface area contributed by atoms with Crippen LogP contribution < -0.4 is 0 Å². The fourth-order valence-electron chi connectivity index (χ4n) is 2.68. The van der Waals surface area contributed by atoms with Gasteiger partial charge in [-0.2, -0.15) is 9.84 Å². The Hall–Kier alpha value is -3.06. The molecule has 0 bridgehead atoms. The highest BCUT2D eigenvalue weighted by Gasteiger charge is 2.29. The quantitative estimate of drug-likeness (QED) is 0.508. The van der Waals surface area contributed by atoms with Crippen molar-refractivity contribution >= 4 is 17.5 Å². The van der Waals surface area contributed by atoms with E-state index in [9.17, 15) is 15.5 Å². The number of nitrogens with zero attached hydrogens (tertiary/aromatic N) is 2. The van der Waals surface area contributed by atoms with E-state index < -0.39 is 0 Å². The molecule has 22 heavy (non-hydrogen) atoms. The van der Waals surface area contributed by atoms with Crippen molar-refractivity contribution < 1.29 is 14.8 Å². The zero-order valence-electron chi connectivity index (χ0n) is 12.1. The summed E-state index contributed by atoms with van der Waals surface area (Å²) in [5.41, 5.74) is 4.44. The Morgan fingerprint density at radius 3 is 2.64 bits per heavy atom. The van der Waals surface area contributed by atoms with Crippen molar-refractivity contribution in [3.63, 3.8) is 0 Å². The van der Waals surface area contributed by atoms with E-state index in [1.54, 1.807) is 12.1 Å². The number of phenolic OH excluding ortho intramolecular Hbond substituents is 2. The van der Waals surface area contributed by atoms with Gasteiger partial charge in [-0.3, -0.25) is 0 Å². The molecule has 0 radical (unpaired) electrons. The van der Waals surface area contributed by atoms with Crippen LogP contribution in [0, 0.1) is 11.3 Å². The lowest BCUT2D eigenvalue weighted by Gasteiger charge is -2.00.